The molecule has 0 radical (unpaired) electrons. The van der Waals surface area contributed by atoms with Crippen molar-refractivity contribution < 1.29 is 5.11 Å². The third-order valence-electron chi connectivity index (χ3n) is 2.22. The smallest absolute Gasteiger partial charge is 0.129 e. The molecule has 0 spiro atoms. The molecule has 0 fully saturated rings. The van der Waals surface area contributed by atoms with Crippen LogP contribution in [0.2, 0.25) is 10.2 Å². The van der Waals surface area contributed by atoms with E-state index in [0.717, 1.165) is 0 Å². The van der Waals surface area contributed by atoms with Crippen LogP contribution in [-0.2, 0) is 5.60 Å². The summed E-state index contributed by atoms with van der Waals surface area (Å²) in [5.41, 5.74) is -0.827. The van der Waals surface area contributed by atoms with Crippen LogP contribution in [0.1, 0.15) is 18.5 Å². The Morgan fingerprint density at radius 3 is 2.31 bits per heavy atom. The molecule has 0 bridgehead atoms. The van der Waals surface area contributed by atoms with Crippen molar-refractivity contribution in [3.05, 3.63) is 53.3 Å². The van der Waals surface area contributed by atoms with E-state index in [1.165, 1.54) is 0 Å². The fourth-order valence-corrected chi connectivity index (χ4v) is 1.93. The molecule has 0 saturated heterocycles. The number of hydrogen-bond acceptors (Lipinski definition) is 2. The molecule has 0 aliphatic carbocycles. The van der Waals surface area contributed by atoms with E-state index in [2.05, 4.69) is 18.1 Å². The summed E-state index contributed by atoms with van der Waals surface area (Å²) in [5.74, 6) is 0. The Kier molecular flexibility index (Phi) is 4.54. The second kappa shape index (κ2) is 5.48. The first-order chi connectivity index (χ1) is 7.53. The van der Waals surface area contributed by atoms with Gasteiger partial charge in [0.15, 0.2) is 0 Å². The second-order valence-electron chi connectivity index (χ2n) is 3.48. The lowest BCUT2D eigenvalue weighted by Crippen LogP contribution is -2.26. The van der Waals surface area contributed by atoms with Crippen LogP contribution in [0.25, 0.3) is 0 Å². The molecule has 0 aromatic carbocycles. The summed E-state index contributed by atoms with van der Waals surface area (Å²) >= 11 is 11.8. The highest BCUT2D eigenvalue weighted by Crippen LogP contribution is 2.33. The highest BCUT2D eigenvalue weighted by molar-refractivity contribution is 6.32. The fraction of sp³-hybridized carbons (Fsp3) is 0.250. The molecule has 0 aliphatic rings. The lowest BCUT2D eigenvalue weighted by Gasteiger charge is -2.26. The van der Waals surface area contributed by atoms with Crippen molar-refractivity contribution in [2.45, 2.75) is 18.4 Å². The van der Waals surface area contributed by atoms with Crippen LogP contribution < -0.4 is 0 Å². The molecule has 0 aliphatic heterocycles. The first-order valence-electron chi connectivity index (χ1n) is 4.80. The summed E-state index contributed by atoms with van der Waals surface area (Å²) in [6.45, 7) is 7.21. The standard InChI is InChI=1S/C12H13Cl2NO/c1-3-7-12(16,8-4-2)11-9(13)5-6-10(14)15-11/h3-6,16H,1-2,7-8H2. The SMILES string of the molecule is C=CCC(O)(CC=C)c1nc(Cl)ccc1Cl. The molecule has 0 atom stereocenters. The van der Waals surface area contributed by atoms with Gasteiger partial charge in [-0.25, -0.2) is 4.98 Å². The molecule has 1 N–H and O–H groups in total. The predicted octanol–water partition coefficient (Wildman–Crippen LogP) is 3.73. The Balaban J connectivity index is 3.23. The maximum atomic E-state index is 10.4. The van der Waals surface area contributed by atoms with Crippen molar-refractivity contribution in [1.29, 1.82) is 0 Å². The minimum Gasteiger partial charge on any atom is -0.383 e. The van der Waals surface area contributed by atoms with Crippen LogP contribution in [0, 0.1) is 0 Å². The minimum atomic E-state index is -1.19. The van der Waals surface area contributed by atoms with Gasteiger partial charge in [-0.2, -0.15) is 0 Å². The molecule has 2 nitrogen and oxygen atoms in total. The minimum absolute atomic E-state index is 0.297. The van der Waals surface area contributed by atoms with Crippen LogP contribution in [0.3, 0.4) is 0 Å². The van der Waals surface area contributed by atoms with Gasteiger partial charge in [-0.15, -0.1) is 13.2 Å². The molecular weight excluding hydrogens is 245 g/mol. The zero-order valence-corrected chi connectivity index (χ0v) is 10.3. The zero-order chi connectivity index (χ0) is 12.2. The number of nitrogens with zero attached hydrogens (tertiary/aromatic N) is 1. The molecule has 86 valence electrons. The molecule has 0 amide bonds. The summed E-state index contributed by atoms with van der Waals surface area (Å²) in [7, 11) is 0. The summed E-state index contributed by atoms with van der Waals surface area (Å²) in [5, 5.41) is 11.1. The van der Waals surface area contributed by atoms with Crippen molar-refractivity contribution >= 4 is 23.2 Å². The summed E-state index contributed by atoms with van der Waals surface area (Å²) < 4.78 is 0. The highest BCUT2D eigenvalue weighted by atomic mass is 35.5. The van der Waals surface area contributed by atoms with E-state index < -0.39 is 5.60 Å². The van der Waals surface area contributed by atoms with Gasteiger partial charge in [-0.1, -0.05) is 35.4 Å². The van der Waals surface area contributed by atoms with Crippen LogP contribution in [0.4, 0.5) is 0 Å². The lowest BCUT2D eigenvalue weighted by molar-refractivity contribution is 0.0386. The molecule has 1 rings (SSSR count). The number of pyridine rings is 1. The average Bonchev–Trinajstić information content (AvgIpc) is 2.22. The largest absolute Gasteiger partial charge is 0.383 e. The molecule has 0 unspecified atom stereocenters. The van der Waals surface area contributed by atoms with Crippen molar-refractivity contribution in [2.75, 3.05) is 0 Å². The number of rotatable bonds is 5. The Labute approximate surface area is 105 Å². The molecule has 4 heteroatoms. The first kappa shape index (κ1) is 13.2. The van der Waals surface area contributed by atoms with Crippen molar-refractivity contribution in [2.24, 2.45) is 0 Å². The van der Waals surface area contributed by atoms with Crippen molar-refractivity contribution in [1.82, 2.24) is 4.98 Å². The van der Waals surface area contributed by atoms with Crippen LogP contribution in [0.5, 0.6) is 0 Å². The van der Waals surface area contributed by atoms with Gasteiger partial charge in [0.05, 0.1) is 10.7 Å². The van der Waals surface area contributed by atoms with E-state index in [4.69, 9.17) is 23.2 Å². The van der Waals surface area contributed by atoms with E-state index in [-0.39, 0.29) is 0 Å². The van der Waals surface area contributed by atoms with E-state index in [0.29, 0.717) is 28.7 Å². The van der Waals surface area contributed by atoms with Gasteiger partial charge < -0.3 is 5.11 Å². The van der Waals surface area contributed by atoms with E-state index >= 15 is 0 Å². The van der Waals surface area contributed by atoms with Gasteiger partial charge in [0, 0.05) is 0 Å². The highest BCUT2D eigenvalue weighted by Gasteiger charge is 2.30. The monoisotopic (exact) mass is 257 g/mol. The third kappa shape index (κ3) is 2.85. The fourth-order valence-electron chi connectivity index (χ4n) is 1.50. The van der Waals surface area contributed by atoms with Gasteiger partial charge in [0.2, 0.25) is 0 Å². The molecule has 0 saturated carbocycles. The van der Waals surface area contributed by atoms with Gasteiger partial charge in [0.1, 0.15) is 10.8 Å². The van der Waals surface area contributed by atoms with Gasteiger partial charge in [-0.05, 0) is 25.0 Å². The Hall–Kier alpha value is -0.830. The maximum Gasteiger partial charge on any atom is 0.129 e. The molecule has 1 heterocycles. The van der Waals surface area contributed by atoms with E-state index in [1.807, 2.05) is 0 Å². The number of aromatic nitrogens is 1. The van der Waals surface area contributed by atoms with Gasteiger partial charge in [0.25, 0.3) is 0 Å². The second-order valence-corrected chi connectivity index (χ2v) is 4.28. The van der Waals surface area contributed by atoms with E-state index in [1.54, 1.807) is 24.3 Å². The van der Waals surface area contributed by atoms with Crippen LogP contribution in [0.15, 0.2) is 37.4 Å². The first-order valence-corrected chi connectivity index (χ1v) is 5.56. The van der Waals surface area contributed by atoms with Crippen LogP contribution in [-0.4, -0.2) is 10.1 Å². The number of halogens is 2. The van der Waals surface area contributed by atoms with E-state index in [9.17, 15) is 5.11 Å². The number of aliphatic hydroxyl groups is 1. The maximum absolute atomic E-state index is 10.4. The predicted molar refractivity (Wildman–Crippen MR) is 67.8 cm³/mol. The molecule has 1 aromatic rings. The Morgan fingerprint density at radius 2 is 1.81 bits per heavy atom. The summed E-state index contributed by atoms with van der Waals surface area (Å²) in [6.07, 6.45) is 3.91. The quantitative estimate of drug-likeness (QED) is 0.644. The lowest BCUT2D eigenvalue weighted by atomic mass is 9.91. The average molecular weight is 258 g/mol. The summed E-state index contributed by atoms with van der Waals surface area (Å²) in [6, 6.07) is 3.19. The normalized spacial score (nSPS) is 11.2. The van der Waals surface area contributed by atoms with Crippen molar-refractivity contribution in [3.8, 4) is 0 Å². The zero-order valence-electron chi connectivity index (χ0n) is 8.79. The molecular formula is C12H13Cl2NO. The Bertz CT molecular complexity index is 394. The number of hydrogen-bond donors (Lipinski definition) is 1. The Morgan fingerprint density at radius 1 is 1.25 bits per heavy atom. The molecule has 1 aromatic heterocycles. The topological polar surface area (TPSA) is 33.1 Å². The summed E-state index contributed by atoms with van der Waals surface area (Å²) in [4.78, 5) is 4.07. The third-order valence-corrected chi connectivity index (χ3v) is 2.73. The van der Waals surface area contributed by atoms with Crippen LogP contribution >= 0.6 is 23.2 Å². The van der Waals surface area contributed by atoms with Gasteiger partial charge >= 0.3 is 0 Å². The van der Waals surface area contributed by atoms with Gasteiger partial charge in [-0.3, -0.25) is 0 Å². The van der Waals surface area contributed by atoms with Crippen molar-refractivity contribution in [3.63, 3.8) is 0 Å². The molecule has 16 heavy (non-hydrogen) atoms.